The van der Waals surface area contributed by atoms with E-state index in [0.29, 0.717) is 5.02 Å². The molecule has 0 fully saturated rings. The quantitative estimate of drug-likeness (QED) is 0.792. The molecule has 3 aromatic rings. The Morgan fingerprint density at radius 2 is 1.95 bits per heavy atom. The molecule has 3 nitrogen and oxygen atoms in total. The first kappa shape index (κ1) is 14.1. The molecule has 1 aromatic heterocycles. The second kappa shape index (κ2) is 5.88. The number of rotatable bonds is 4. The van der Waals surface area contributed by atoms with E-state index in [2.05, 4.69) is 41.5 Å². The van der Waals surface area contributed by atoms with E-state index < -0.39 is 0 Å². The highest BCUT2D eigenvalue weighted by Crippen LogP contribution is 2.25. The van der Waals surface area contributed by atoms with E-state index in [1.54, 1.807) is 6.20 Å². The SMILES string of the molecule is CCn1ncc(Cl)c1C(N)Cc1ccc2ccccc2c1. The molecule has 0 aliphatic carbocycles. The van der Waals surface area contributed by atoms with E-state index >= 15 is 0 Å². The maximum Gasteiger partial charge on any atom is 0.0834 e. The molecule has 0 amide bonds. The van der Waals surface area contributed by atoms with Crippen molar-refractivity contribution in [2.45, 2.75) is 25.9 Å². The van der Waals surface area contributed by atoms with Crippen molar-refractivity contribution in [1.82, 2.24) is 9.78 Å². The molecule has 2 N–H and O–H groups in total. The van der Waals surface area contributed by atoms with E-state index in [-0.39, 0.29) is 6.04 Å². The third-order valence-electron chi connectivity index (χ3n) is 3.75. The van der Waals surface area contributed by atoms with Crippen molar-refractivity contribution in [2.75, 3.05) is 0 Å². The molecule has 0 aliphatic rings. The Hall–Kier alpha value is -1.84. The van der Waals surface area contributed by atoms with Crippen LogP contribution in [0, 0.1) is 0 Å². The van der Waals surface area contributed by atoms with Gasteiger partial charge in [0.2, 0.25) is 0 Å². The standard InChI is InChI=1S/C17H18ClN3/c1-2-21-17(15(18)11-20-21)16(19)10-12-7-8-13-5-3-4-6-14(13)9-12/h3-9,11,16H,2,10,19H2,1H3. The highest BCUT2D eigenvalue weighted by atomic mass is 35.5. The predicted molar refractivity (Wildman–Crippen MR) is 87.5 cm³/mol. The lowest BCUT2D eigenvalue weighted by Gasteiger charge is -2.14. The Kier molecular flexibility index (Phi) is 3.95. The van der Waals surface area contributed by atoms with Gasteiger partial charge in [-0.2, -0.15) is 5.10 Å². The number of aromatic nitrogens is 2. The van der Waals surface area contributed by atoms with Gasteiger partial charge < -0.3 is 5.73 Å². The van der Waals surface area contributed by atoms with Gasteiger partial charge in [-0.1, -0.05) is 54.1 Å². The van der Waals surface area contributed by atoms with Crippen LogP contribution in [-0.4, -0.2) is 9.78 Å². The molecular weight excluding hydrogens is 282 g/mol. The lowest BCUT2D eigenvalue weighted by atomic mass is 10.0. The van der Waals surface area contributed by atoms with E-state index in [1.807, 2.05) is 17.7 Å². The van der Waals surface area contributed by atoms with Crippen molar-refractivity contribution in [3.05, 3.63) is 64.9 Å². The van der Waals surface area contributed by atoms with Gasteiger partial charge in [0.1, 0.15) is 0 Å². The number of nitrogens with zero attached hydrogens (tertiary/aromatic N) is 2. The summed E-state index contributed by atoms with van der Waals surface area (Å²) in [6.45, 7) is 2.81. The first-order chi connectivity index (χ1) is 10.2. The normalized spacial score (nSPS) is 12.7. The first-order valence-corrected chi connectivity index (χ1v) is 7.51. The van der Waals surface area contributed by atoms with Gasteiger partial charge in [0.05, 0.1) is 23.0 Å². The molecule has 0 aliphatic heterocycles. The molecule has 21 heavy (non-hydrogen) atoms. The molecular formula is C17H18ClN3. The fourth-order valence-corrected chi connectivity index (χ4v) is 2.99. The second-order valence-corrected chi connectivity index (χ2v) is 5.59. The van der Waals surface area contributed by atoms with Gasteiger partial charge in [0.25, 0.3) is 0 Å². The van der Waals surface area contributed by atoms with Crippen LogP contribution in [0.15, 0.2) is 48.7 Å². The largest absolute Gasteiger partial charge is 0.322 e. The maximum atomic E-state index is 6.35. The second-order valence-electron chi connectivity index (χ2n) is 5.19. The molecule has 0 radical (unpaired) electrons. The lowest BCUT2D eigenvalue weighted by molar-refractivity contribution is 0.569. The lowest BCUT2D eigenvalue weighted by Crippen LogP contribution is -2.18. The third kappa shape index (κ3) is 2.80. The van der Waals surface area contributed by atoms with Crippen molar-refractivity contribution in [3.63, 3.8) is 0 Å². The molecule has 0 saturated heterocycles. The highest BCUT2D eigenvalue weighted by molar-refractivity contribution is 6.31. The summed E-state index contributed by atoms with van der Waals surface area (Å²) in [7, 11) is 0. The topological polar surface area (TPSA) is 43.8 Å². The molecule has 0 spiro atoms. The van der Waals surface area contributed by atoms with Crippen LogP contribution in [0.1, 0.15) is 24.2 Å². The molecule has 1 heterocycles. The van der Waals surface area contributed by atoms with Crippen LogP contribution < -0.4 is 5.73 Å². The van der Waals surface area contributed by atoms with Crippen LogP contribution in [0.5, 0.6) is 0 Å². The van der Waals surface area contributed by atoms with Crippen LogP contribution in [-0.2, 0) is 13.0 Å². The zero-order chi connectivity index (χ0) is 14.8. The van der Waals surface area contributed by atoms with Crippen LogP contribution in [0.4, 0.5) is 0 Å². The van der Waals surface area contributed by atoms with Gasteiger partial charge in [-0.3, -0.25) is 4.68 Å². The number of nitrogens with two attached hydrogens (primary N) is 1. The van der Waals surface area contributed by atoms with E-state index in [4.69, 9.17) is 17.3 Å². The number of hydrogen-bond donors (Lipinski definition) is 1. The fourth-order valence-electron chi connectivity index (χ4n) is 2.71. The first-order valence-electron chi connectivity index (χ1n) is 7.13. The molecule has 1 unspecified atom stereocenters. The van der Waals surface area contributed by atoms with E-state index in [9.17, 15) is 0 Å². The van der Waals surface area contributed by atoms with Crippen LogP contribution in [0.2, 0.25) is 5.02 Å². The summed E-state index contributed by atoms with van der Waals surface area (Å²) in [5.41, 5.74) is 8.47. The van der Waals surface area contributed by atoms with Gasteiger partial charge in [0, 0.05) is 6.54 Å². The van der Waals surface area contributed by atoms with Crippen LogP contribution in [0.3, 0.4) is 0 Å². The number of halogens is 1. The minimum absolute atomic E-state index is 0.152. The average molecular weight is 300 g/mol. The van der Waals surface area contributed by atoms with Crippen molar-refractivity contribution >= 4 is 22.4 Å². The molecule has 108 valence electrons. The Bertz CT molecular complexity index is 764. The molecule has 2 aromatic carbocycles. The summed E-state index contributed by atoms with van der Waals surface area (Å²) in [5, 5.41) is 7.37. The molecule has 3 rings (SSSR count). The third-order valence-corrected chi connectivity index (χ3v) is 4.04. The van der Waals surface area contributed by atoms with E-state index in [1.165, 1.54) is 16.3 Å². The summed E-state index contributed by atoms with van der Waals surface area (Å²) in [5.74, 6) is 0. The highest BCUT2D eigenvalue weighted by Gasteiger charge is 2.16. The zero-order valence-corrected chi connectivity index (χ0v) is 12.7. The molecule has 4 heteroatoms. The average Bonchev–Trinajstić information content (AvgIpc) is 2.88. The minimum Gasteiger partial charge on any atom is -0.322 e. The Morgan fingerprint density at radius 1 is 1.19 bits per heavy atom. The Labute approximate surface area is 129 Å². The number of fused-ring (bicyclic) bond motifs is 1. The van der Waals surface area contributed by atoms with Crippen LogP contribution in [0.25, 0.3) is 10.8 Å². The van der Waals surface area contributed by atoms with Crippen LogP contribution >= 0.6 is 11.6 Å². The summed E-state index contributed by atoms with van der Waals surface area (Å²) in [4.78, 5) is 0. The van der Waals surface area contributed by atoms with E-state index in [0.717, 1.165) is 18.7 Å². The minimum atomic E-state index is -0.152. The van der Waals surface area contributed by atoms with Gasteiger partial charge >= 0.3 is 0 Å². The number of hydrogen-bond acceptors (Lipinski definition) is 2. The fraction of sp³-hybridized carbons (Fsp3) is 0.235. The zero-order valence-electron chi connectivity index (χ0n) is 12.0. The summed E-state index contributed by atoms with van der Waals surface area (Å²) < 4.78 is 1.87. The predicted octanol–water partition coefficient (Wildman–Crippen LogP) is 3.95. The van der Waals surface area contributed by atoms with Gasteiger partial charge in [-0.15, -0.1) is 0 Å². The van der Waals surface area contributed by atoms with Crippen molar-refractivity contribution in [3.8, 4) is 0 Å². The number of aryl methyl sites for hydroxylation is 1. The summed E-state index contributed by atoms with van der Waals surface area (Å²) in [6.07, 6.45) is 2.41. The Morgan fingerprint density at radius 3 is 2.71 bits per heavy atom. The Balaban J connectivity index is 1.88. The summed E-state index contributed by atoms with van der Waals surface area (Å²) >= 11 is 6.22. The smallest absolute Gasteiger partial charge is 0.0834 e. The maximum absolute atomic E-state index is 6.35. The number of benzene rings is 2. The monoisotopic (exact) mass is 299 g/mol. The van der Waals surface area contributed by atoms with Crippen molar-refractivity contribution in [1.29, 1.82) is 0 Å². The van der Waals surface area contributed by atoms with Crippen molar-refractivity contribution in [2.24, 2.45) is 5.73 Å². The van der Waals surface area contributed by atoms with Gasteiger partial charge in [-0.25, -0.2) is 0 Å². The van der Waals surface area contributed by atoms with Gasteiger partial charge in [0.15, 0.2) is 0 Å². The molecule has 1 atom stereocenters. The van der Waals surface area contributed by atoms with Gasteiger partial charge in [-0.05, 0) is 29.7 Å². The molecule has 0 saturated carbocycles. The summed E-state index contributed by atoms with van der Waals surface area (Å²) in [6, 6.07) is 14.6. The molecule has 0 bridgehead atoms. The van der Waals surface area contributed by atoms with Crippen molar-refractivity contribution < 1.29 is 0 Å².